The maximum absolute atomic E-state index is 11.5. The van der Waals surface area contributed by atoms with Crippen LogP contribution >= 0.6 is 0 Å². The third kappa shape index (κ3) is 2.52. The fourth-order valence-electron chi connectivity index (χ4n) is 3.10. The van der Waals surface area contributed by atoms with Gasteiger partial charge in [-0.3, -0.25) is 9.69 Å². The highest BCUT2D eigenvalue weighted by Gasteiger charge is 2.44. The van der Waals surface area contributed by atoms with Crippen LogP contribution in [-0.4, -0.2) is 29.1 Å². The third-order valence-electron chi connectivity index (χ3n) is 4.70. The Bertz CT molecular complexity index is 472. The van der Waals surface area contributed by atoms with Crippen molar-refractivity contribution >= 4 is 5.97 Å². The van der Waals surface area contributed by atoms with Gasteiger partial charge in [-0.2, -0.15) is 0 Å². The van der Waals surface area contributed by atoms with Gasteiger partial charge in [0.05, 0.1) is 5.41 Å². The lowest BCUT2D eigenvalue weighted by molar-refractivity contribution is -0.148. The third-order valence-corrected chi connectivity index (χ3v) is 4.70. The van der Waals surface area contributed by atoms with Crippen molar-refractivity contribution in [3.63, 3.8) is 0 Å². The van der Waals surface area contributed by atoms with E-state index in [0.29, 0.717) is 13.0 Å². The minimum Gasteiger partial charge on any atom is -0.481 e. The SMILES string of the molecule is CCC1(C(=O)O)CCN(C(C)c2ccccc2C)C1. The molecular weight excluding hydrogens is 238 g/mol. The maximum Gasteiger partial charge on any atom is 0.310 e. The molecule has 0 amide bonds. The summed E-state index contributed by atoms with van der Waals surface area (Å²) < 4.78 is 0. The van der Waals surface area contributed by atoms with Gasteiger partial charge in [0.1, 0.15) is 0 Å². The molecule has 0 bridgehead atoms. The van der Waals surface area contributed by atoms with Crippen LogP contribution in [0.1, 0.15) is 43.9 Å². The van der Waals surface area contributed by atoms with Crippen LogP contribution in [0.5, 0.6) is 0 Å². The van der Waals surface area contributed by atoms with E-state index in [-0.39, 0.29) is 6.04 Å². The van der Waals surface area contributed by atoms with Crippen molar-refractivity contribution in [1.29, 1.82) is 0 Å². The Morgan fingerprint density at radius 3 is 2.68 bits per heavy atom. The van der Waals surface area contributed by atoms with Crippen LogP contribution in [0, 0.1) is 12.3 Å². The van der Waals surface area contributed by atoms with E-state index in [2.05, 4.69) is 36.9 Å². The highest BCUT2D eigenvalue weighted by molar-refractivity contribution is 5.75. The molecule has 3 heteroatoms. The van der Waals surface area contributed by atoms with E-state index in [1.807, 2.05) is 13.0 Å². The number of aliphatic carboxylic acids is 1. The number of carboxylic acid groups (broad SMARTS) is 1. The Kier molecular flexibility index (Phi) is 3.95. The molecule has 0 aromatic heterocycles. The van der Waals surface area contributed by atoms with Crippen molar-refractivity contribution in [1.82, 2.24) is 4.90 Å². The van der Waals surface area contributed by atoms with Crippen molar-refractivity contribution in [2.75, 3.05) is 13.1 Å². The number of nitrogens with zero attached hydrogens (tertiary/aromatic N) is 1. The molecule has 0 saturated carbocycles. The van der Waals surface area contributed by atoms with Crippen LogP contribution in [0.25, 0.3) is 0 Å². The van der Waals surface area contributed by atoms with Crippen LogP contribution in [0.4, 0.5) is 0 Å². The minimum absolute atomic E-state index is 0.286. The van der Waals surface area contributed by atoms with Gasteiger partial charge in [-0.25, -0.2) is 0 Å². The Hall–Kier alpha value is -1.35. The molecule has 3 nitrogen and oxygen atoms in total. The number of rotatable bonds is 4. The number of carbonyl (C=O) groups is 1. The van der Waals surface area contributed by atoms with E-state index in [0.717, 1.165) is 13.0 Å². The molecule has 0 radical (unpaired) electrons. The molecule has 1 heterocycles. The van der Waals surface area contributed by atoms with Gasteiger partial charge in [-0.1, -0.05) is 31.2 Å². The van der Waals surface area contributed by atoms with Crippen LogP contribution < -0.4 is 0 Å². The van der Waals surface area contributed by atoms with Crippen molar-refractivity contribution in [2.24, 2.45) is 5.41 Å². The molecule has 1 aromatic carbocycles. The largest absolute Gasteiger partial charge is 0.481 e. The second-order valence-corrected chi connectivity index (χ2v) is 5.69. The fraction of sp³-hybridized carbons (Fsp3) is 0.562. The first-order valence-corrected chi connectivity index (χ1v) is 7.03. The van der Waals surface area contributed by atoms with Crippen LogP contribution in [0.15, 0.2) is 24.3 Å². The molecule has 2 atom stereocenters. The van der Waals surface area contributed by atoms with Crippen molar-refractivity contribution < 1.29 is 9.90 Å². The molecule has 2 rings (SSSR count). The number of benzene rings is 1. The summed E-state index contributed by atoms with van der Waals surface area (Å²) in [4.78, 5) is 13.8. The molecule has 1 aliphatic rings. The van der Waals surface area contributed by atoms with Crippen molar-refractivity contribution in [3.05, 3.63) is 35.4 Å². The maximum atomic E-state index is 11.5. The number of hydrogen-bond acceptors (Lipinski definition) is 2. The Balaban J connectivity index is 2.17. The summed E-state index contributed by atoms with van der Waals surface area (Å²) in [5.41, 5.74) is 2.04. The Morgan fingerprint density at radius 1 is 1.47 bits per heavy atom. The zero-order valence-electron chi connectivity index (χ0n) is 12.0. The van der Waals surface area contributed by atoms with E-state index in [4.69, 9.17) is 0 Å². The molecule has 1 N–H and O–H groups in total. The number of carboxylic acids is 1. The number of likely N-dealkylation sites (tertiary alicyclic amines) is 1. The molecule has 1 fully saturated rings. The molecule has 0 aliphatic carbocycles. The summed E-state index contributed by atoms with van der Waals surface area (Å²) in [5.74, 6) is -0.644. The average molecular weight is 261 g/mol. The summed E-state index contributed by atoms with van der Waals surface area (Å²) in [5, 5.41) is 9.46. The van der Waals surface area contributed by atoms with Gasteiger partial charge < -0.3 is 5.11 Å². The fourth-order valence-corrected chi connectivity index (χ4v) is 3.10. The summed E-state index contributed by atoms with van der Waals surface area (Å²) in [6, 6.07) is 8.65. The molecule has 104 valence electrons. The number of aryl methyl sites for hydroxylation is 1. The molecule has 2 unspecified atom stereocenters. The molecule has 19 heavy (non-hydrogen) atoms. The van der Waals surface area contributed by atoms with Gasteiger partial charge in [0.25, 0.3) is 0 Å². The Labute approximate surface area is 115 Å². The van der Waals surface area contributed by atoms with Gasteiger partial charge >= 0.3 is 5.97 Å². The molecular formula is C16H23NO2. The van der Waals surface area contributed by atoms with E-state index in [9.17, 15) is 9.90 Å². The molecule has 1 aliphatic heterocycles. The second-order valence-electron chi connectivity index (χ2n) is 5.69. The van der Waals surface area contributed by atoms with Gasteiger partial charge in [0.15, 0.2) is 0 Å². The topological polar surface area (TPSA) is 40.5 Å². The van der Waals surface area contributed by atoms with Gasteiger partial charge in [0.2, 0.25) is 0 Å². The van der Waals surface area contributed by atoms with E-state index < -0.39 is 11.4 Å². The number of hydrogen-bond donors (Lipinski definition) is 1. The average Bonchev–Trinajstić information content (AvgIpc) is 2.84. The first-order valence-electron chi connectivity index (χ1n) is 7.03. The quantitative estimate of drug-likeness (QED) is 0.904. The highest BCUT2D eigenvalue weighted by Crippen LogP contribution is 2.38. The monoisotopic (exact) mass is 261 g/mol. The first kappa shape index (κ1) is 14.1. The van der Waals surface area contributed by atoms with Crippen molar-refractivity contribution in [2.45, 2.75) is 39.7 Å². The van der Waals surface area contributed by atoms with Gasteiger partial charge in [0, 0.05) is 12.6 Å². The summed E-state index contributed by atoms with van der Waals surface area (Å²) in [7, 11) is 0. The second kappa shape index (κ2) is 5.33. The zero-order valence-corrected chi connectivity index (χ0v) is 12.0. The lowest BCUT2D eigenvalue weighted by Crippen LogP contribution is -2.35. The lowest BCUT2D eigenvalue weighted by Gasteiger charge is -2.28. The zero-order chi connectivity index (χ0) is 14.0. The smallest absolute Gasteiger partial charge is 0.310 e. The molecule has 1 saturated heterocycles. The van der Waals surface area contributed by atoms with Gasteiger partial charge in [-0.15, -0.1) is 0 Å². The van der Waals surface area contributed by atoms with Crippen LogP contribution in [0.3, 0.4) is 0 Å². The highest BCUT2D eigenvalue weighted by atomic mass is 16.4. The normalized spacial score (nSPS) is 25.4. The first-order chi connectivity index (χ1) is 9.00. The van der Waals surface area contributed by atoms with E-state index in [1.54, 1.807) is 0 Å². The minimum atomic E-state index is -0.644. The van der Waals surface area contributed by atoms with E-state index in [1.165, 1.54) is 11.1 Å². The van der Waals surface area contributed by atoms with Gasteiger partial charge in [-0.05, 0) is 44.4 Å². The lowest BCUT2D eigenvalue weighted by atomic mass is 9.84. The predicted molar refractivity (Wildman–Crippen MR) is 76.1 cm³/mol. The summed E-state index contributed by atoms with van der Waals surface area (Å²) in [6.07, 6.45) is 1.47. The standard InChI is InChI=1S/C16H23NO2/c1-4-16(15(18)19)9-10-17(11-16)13(3)14-8-6-5-7-12(14)2/h5-8,13H,4,9-11H2,1-3H3,(H,18,19). The van der Waals surface area contributed by atoms with E-state index >= 15 is 0 Å². The Morgan fingerprint density at radius 2 is 2.16 bits per heavy atom. The summed E-state index contributed by atoms with van der Waals surface area (Å²) in [6.45, 7) is 7.81. The molecule has 1 aromatic rings. The summed E-state index contributed by atoms with van der Waals surface area (Å²) >= 11 is 0. The predicted octanol–water partition coefficient (Wildman–Crippen LogP) is 3.24. The van der Waals surface area contributed by atoms with Crippen LogP contribution in [-0.2, 0) is 4.79 Å². The molecule has 0 spiro atoms. The van der Waals surface area contributed by atoms with Crippen molar-refractivity contribution in [3.8, 4) is 0 Å². The van der Waals surface area contributed by atoms with Crippen LogP contribution in [0.2, 0.25) is 0 Å².